The first kappa shape index (κ1) is 12.1. The van der Waals surface area contributed by atoms with Gasteiger partial charge in [-0.25, -0.2) is 9.78 Å². The normalized spacial score (nSPS) is 15.7. The summed E-state index contributed by atoms with van der Waals surface area (Å²) in [5.41, 5.74) is 0.796. The van der Waals surface area contributed by atoms with Crippen LogP contribution in [0, 0.1) is 0 Å². The summed E-state index contributed by atoms with van der Waals surface area (Å²) in [5.74, 6) is -0.0964. The summed E-state index contributed by atoms with van der Waals surface area (Å²) in [4.78, 5) is 15.5. The van der Waals surface area contributed by atoms with Crippen molar-refractivity contribution in [1.29, 1.82) is 0 Å². The molecular formula is C12H19N3O2. The Balaban J connectivity index is 2.57. The van der Waals surface area contributed by atoms with Crippen LogP contribution in [0.1, 0.15) is 48.7 Å². The second kappa shape index (κ2) is 4.14. The topological polar surface area (TPSA) is 67.2 Å². The molecule has 1 aromatic rings. The first-order chi connectivity index (χ1) is 7.97. The van der Waals surface area contributed by atoms with Crippen molar-refractivity contribution in [3.63, 3.8) is 0 Å². The van der Waals surface area contributed by atoms with Crippen LogP contribution >= 0.6 is 0 Å². The third kappa shape index (κ3) is 1.95. The molecule has 17 heavy (non-hydrogen) atoms. The molecule has 0 amide bonds. The number of nitrogens with one attached hydrogen (secondary N) is 1. The van der Waals surface area contributed by atoms with E-state index in [0.29, 0.717) is 0 Å². The van der Waals surface area contributed by atoms with Gasteiger partial charge in [0.25, 0.3) is 0 Å². The summed E-state index contributed by atoms with van der Waals surface area (Å²) in [5, 5.41) is 12.4. The fourth-order valence-electron chi connectivity index (χ4n) is 2.30. The van der Waals surface area contributed by atoms with E-state index in [9.17, 15) is 9.90 Å². The summed E-state index contributed by atoms with van der Waals surface area (Å²) < 4.78 is 2.07. The largest absolute Gasteiger partial charge is 0.476 e. The molecule has 2 N–H and O–H groups in total. The molecule has 1 aliphatic rings. The zero-order valence-electron chi connectivity index (χ0n) is 10.6. The smallest absolute Gasteiger partial charge is 0.356 e. The molecule has 5 heteroatoms. The maximum absolute atomic E-state index is 11.2. The van der Waals surface area contributed by atoms with Crippen LogP contribution < -0.4 is 5.32 Å². The van der Waals surface area contributed by atoms with Gasteiger partial charge in [0.1, 0.15) is 5.82 Å². The van der Waals surface area contributed by atoms with Crippen LogP contribution in [0.3, 0.4) is 0 Å². The van der Waals surface area contributed by atoms with E-state index in [4.69, 9.17) is 0 Å². The van der Waals surface area contributed by atoms with E-state index in [2.05, 4.69) is 14.9 Å². The number of carboxylic acid groups (broad SMARTS) is 1. The van der Waals surface area contributed by atoms with Gasteiger partial charge < -0.3 is 15.0 Å². The van der Waals surface area contributed by atoms with Gasteiger partial charge in [-0.1, -0.05) is 0 Å². The van der Waals surface area contributed by atoms with Crippen molar-refractivity contribution in [1.82, 2.24) is 14.9 Å². The number of hydrogen-bond donors (Lipinski definition) is 2. The monoisotopic (exact) mass is 237 g/mol. The van der Waals surface area contributed by atoms with Crippen LogP contribution in [0.5, 0.6) is 0 Å². The Morgan fingerprint density at radius 1 is 1.47 bits per heavy atom. The van der Waals surface area contributed by atoms with Crippen LogP contribution in [0.25, 0.3) is 0 Å². The van der Waals surface area contributed by atoms with Gasteiger partial charge >= 0.3 is 5.97 Å². The Morgan fingerprint density at radius 2 is 2.18 bits per heavy atom. The first-order valence-electron chi connectivity index (χ1n) is 5.99. The number of fused-ring (bicyclic) bond motifs is 1. The molecule has 0 fully saturated rings. The van der Waals surface area contributed by atoms with Crippen LogP contribution in [0.4, 0.5) is 0 Å². The molecule has 5 nitrogen and oxygen atoms in total. The first-order valence-corrected chi connectivity index (χ1v) is 5.99. The van der Waals surface area contributed by atoms with E-state index in [1.165, 1.54) is 0 Å². The predicted molar refractivity (Wildman–Crippen MR) is 64.2 cm³/mol. The van der Waals surface area contributed by atoms with Gasteiger partial charge in [-0.05, 0) is 40.2 Å². The maximum atomic E-state index is 11.2. The highest BCUT2D eigenvalue weighted by Gasteiger charge is 2.31. The number of carboxylic acids is 1. The van der Waals surface area contributed by atoms with Crippen molar-refractivity contribution in [3.8, 4) is 0 Å². The Morgan fingerprint density at radius 3 is 2.76 bits per heavy atom. The zero-order valence-corrected chi connectivity index (χ0v) is 10.6. The SMILES string of the molecule is CNC(C)(C)c1nc(C(=O)O)c2n1CCCC2. The number of nitrogens with zero attached hydrogens (tertiary/aromatic N) is 2. The van der Waals surface area contributed by atoms with E-state index in [-0.39, 0.29) is 11.2 Å². The van der Waals surface area contributed by atoms with Crippen molar-refractivity contribution in [2.75, 3.05) is 7.05 Å². The number of imidazole rings is 1. The molecule has 0 radical (unpaired) electrons. The fraction of sp³-hybridized carbons (Fsp3) is 0.667. The van der Waals surface area contributed by atoms with Gasteiger partial charge in [0.2, 0.25) is 0 Å². The Bertz CT molecular complexity index is 449. The molecule has 0 bridgehead atoms. The molecule has 0 unspecified atom stereocenters. The molecule has 0 saturated carbocycles. The molecular weight excluding hydrogens is 218 g/mol. The van der Waals surface area contributed by atoms with Crippen molar-refractivity contribution in [3.05, 3.63) is 17.2 Å². The van der Waals surface area contributed by atoms with Crippen LogP contribution in [-0.2, 0) is 18.5 Å². The van der Waals surface area contributed by atoms with E-state index in [0.717, 1.165) is 37.3 Å². The Kier molecular flexibility index (Phi) is 2.95. The lowest BCUT2D eigenvalue weighted by molar-refractivity contribution is 0.0689. The second-order valence-corrected chi connectivity index (χ2v) is 5.02. The molecule has 2 rings (SSSR count). The molecule has 94 valence electrons. The number of rotatable bonds is 3. The summed E-state index contributed by atoms with van der Waals surface area (Å²) >= 11 is 0. The van der Waals surface area contributed by atoms with E-state index in [1.807, 2.05) is 20.9 Å². The Hall–Kier alpha value is -1.36. The highest BCUT2D eigenvalue weighted by molar-refractivity contribution is 5.87. The van der Waals surface area contributed by atoms with Gasteiger partial charge in [0.05, 0.1) is 11.2 Å². The minimum absolute atomic E-state index is 0.225. The van der Waals surface area contributed by atoms with Crippen molar-refractivity contribution in [2.45, 2.75) is 45.2 Å². The van der Waals surface area contributed by atoms with Gasteiger partial charge in [0, 0.05) is 6.54 Å². The molecule has 0 atom stereocenters. The van der Waals surface area contributed by atoms with Crippen molar-refractivity contribution in [2.24, 2.45) is 0 Å². The number of aromatic nitrogens is 2. The minimum Gasteiger partial charge on any atom is -0.476 e. The fourth-order valence-corrected chi connectivity index (χ4v) is 2.30. The predicted octanol–water partition coefficient (Wildman–Crippen LogP) is 1.37. The number of carbonyl (C=O) groups is 1. The van der Waals surface area contributed by atoms with Crippen LogP contribution in [0.2, 0.25) is 0 Å². The van der Waals surface area contributed by atoms with Crippen molar-refractivity contribution >= 4 is 5.97 Å². The van der Waals surface area contributed by atoms with E-state index < -0.39 is 5.97 Å². The minimum atomic E-state index is -0.922. The van der Waals surface area contributed by atoms with Gasteiger partial charge in [-0.2, -0.15) is 0 Å². The average molecular weight is 237 g/mol. The number of aromatic carboxylic acids is 1. The van der Waals surface area contributed by atoms with Crippen LogP contribution in [-0.4, -0.2) is 27.7 Å². The molecule has 0 saturated heterocycles. The lowest BCUT2D eigenvalue weighted by Gasteiger charge is -2.26. The van der Waals surface area contributed by atoms with Gasteiger partial charge in [-0.15, -0.1) is 0 Å². The third-order valence-electron chi connectivity index (χ3n) is 3.50. The molecule has 1 aliphatic heterocycles. The number of hydrogen-bond acceptors (Lipinski definition) is 3. The second-order valence-electron chi connectivity index (χ2n) is 5.02. The standard InChI is InChI=1S/C12H19N3O2/c1-12(2,13-3)11-14-9(10(16)17)8-6-4-5-7-15(8)11/h13H,4-7H2,1-3H3,(H,16,17). The van der Waals surface area contributed by atoms with Gasteiger partial charge in [0.15, 0.2) is 5.69 Å². The molecule has 0 aliphatic carbocycles. The quantitative estimate of drug-likeness (QED) is 0.833. The average Bonchev–Trinajstić information content (AvgIpc) is 2.69. The summed E-state index contributed by atoms with van der Waals surface area (Å²) in [6, 6.07) is 0. The molecule has 2 heterocycles. The summed E-state index contributed by atoms with van der Waals surface area (Å²) in [6.45, 7) is 4.90. The molecule has 0 aromatic carbocycles. The molecule has 0 spiro atoms. The summed E-state index contributed by atoms with van der Waals surface area (Å²) in [7, 11) is 1.87. The van der Waals surface area contributed by atoms with Gasteiger partial charge in [-0.3, -0.25) is 0 Å². The highest BCUT2D eigenvalue weighted by Crippen LogP contribution is 2.27. The van der Waals surface area contributed by atoms with Crippen molar-refractivity contribution < 1.29 is 9.90 Å². The third-order valence-corrected chi connectivity index (χ3v) is 3.50. The lowest BCUT2D eigenvalue weighted by atomic mass is 10.0. The van der Waals surface area contributed by atoms with Crippen LogP contribution in [0.15, 0.2) is 0 Å². The zero-order chi connectivity index (χ0) is 12.6. The summed E-state index contributed by atoms with van der Waals surface area (Å²) in [6.07, 6.45) is 2.95. The highest BCUT2D eigenvalue weighted by atomic mass is 16.4. The Labute approximate surface area is 101 Å². The maximum Gasteiger partial charge on any atom is 0.356 e. The lowest BCUT2D eigenvalue weighted by Crippen LogP contribution is -2.37. The van der Waals surface area contributed by atoms with E-state index in [1.54, 1.807) is 0 Å². The molecule has 1 aromatic heterocycles. The van der Waals surface area contributed by atoms with E-state index >= 15 is 0 Å².